The topological polar surface area (TPSA) is 183 Å². The number of carbonyl (C=O) groups is 1. The molecule has 1 saturated heterocycles. The van der Waals surface area contributed by atoms with Gasteiger partial charge in [-0.05, 0) is 69.6 Å². The van der Waals surface area contributed by atoms with E-state index in [2.05, 4.69) is 45.0 Å². The number of thiophene rings is 1. The molecule has 0 spiro atoms. The van der Waals surface area contributed by atoms with Crippen LogP contribution in [0.25, 0.3) is 11.5 Å². The molecule has 14 nitrogen and oxygen atoms in total. The number of piperazine rings is 1. The van der Waals surface area contributed by atoms with Crippen LogP contribution in [0.15, 0.2) is 27.4 Å². The van der Waals surface area contributed by atoms with Gasteiger partial charge in [0, 0.05) is 48.4 Å². The van der Waals surface area contributed by atoms with Gasteiger partial charge >= 0.3 is 5.97 Å². The summed E-state index contributed by atoms with van der Waals surface area (Å²) in [6, 6.07) is 5.96. The minimum absolute atomic E-state index is 0.0112. The van der Waals surface area contributed by atoms with E-state index in [1.807, 2.05) is 13.8 Å². The number of hydrogen-bond donors (Lipinski definition) is 1. The first-order chi connectivity index (χ1) is 23.6. The Morgan fingerprint density at radius 1 is 1.24 bits per heavy atom. The number of methoxy groups -OCH3 is 1. The maximum Gasteiger partial charge on any atom is 0.316 e. The van der Waals surface area contributed by atoms with Crippen molar-refractivity contribution >= 4 is 28.3 Å². The summed E-state index contributed by atoms with van der Waals surface area (Å²) in [6.45, 7) is 12.1. The minimum atomic E-state index is -0.590. The van der Waals surface area contributed by atoms with E-state index in [9.17, 15) is 10.1 Å². The van der Waals surface area contributed by atoms with E-state index >= 15 is 0 Å². The van der Waals surface area contributed by atoms with Gasteiger partial charge in [0.25, 0.3) is 5.88 Å². The number of aromatic nitrogens is 5. The molecule has 2 aliphatic rings. The van der Waals surface area contributed by atoms with Gasteiger partial charge in [0.2, 0.25) is 17.7 Å². The molecule has 1 aliphatic heterocycles. The van der Waals surface area contributed by atoms with E-state index in [1.165, 1.54) is 18.4 Å². The van der Waals surface area contributed by atoms with E-state index in [4.69, 9.17) is 34.2 Å². The Morgan fingerprint density at radius 3 is 2.84 bits per heavy atom. The van der Waals surface area contributed by atoms with Gasteiger partial charge in [-0.3, -0.25) is 9.69 Å². The van der Waals surface area contributed by atoms with Gasteiger partial charge in [-0.25, -0.2) is 9.97 Å². The van der Waals surface area contributed by atoms with Crippen molar-refractivity contribution in [3.8, 4) is 23.5 Å². The fourth-order valence-electron chi connectivity index (χ4n) is 6.95. The quantitative estimate of drug-likeness (QED) is 0.156. The number of hydrogen-bond acceptors (Lipinski definition) is 15. The number of anilines is 2. The van der Waals surface area contributed by atoms with Crippen molar-refractivity contribution in [1.29, 1.82) is 5.26 Å². The summed E-state index contributed by atoms with van der Waals surface area (Å²) in [7, 11) is 1.37. The second-order valence-corrected chi connectivity index (χ2v) is 14.4. The van der Waals surface area contributed by atoms with Gasteiger partial charge in [-0.2, -0.15) is 10.2 Å². The molecular weight excluding hydrogens is 646 g/mol. The van der Waals surface area contributed by atoms with Gasteiger partial charge in [0.1, 0.15) is 22.7 Å². The van der Waals surface area contributed by atoms with Crippen molar-refractivity contribution in [3.05, 3.63) is 46.0 Å². The highest BCUT2D eigenvalue weighted by Crippen LogP contribution is 2.48. The maximum absolute atomic E-state index is 12.1. The lowest BCUT2D eigenvalue weighted by molar-refractivity contribution is -0.144. The molecule has 0 amide bonds. The van der Waals surface area contributed by atoms with Crippen LogP contribution in [-0.2, 0) is 21.4 Å². The van der Waals surface area contributed by atoms with E-state index < -0.39 is 11.3 Å². The van der Waals surface area contributed by atoms with Crippen molar-refractivity contribution in [1.82, 2.24) is 30.2 Å². The van der Waals surface area contributed by atoms with Crippen LogP contribution in [-0.4, -0.2) is 82.1 Å². The van der Waals surface area contributed by atoms with E-state index in [0.29, 0.717) is 52.2 Å². The lowest BCUT2D eigenvalue weighted by Gasteiger charge is -2.40. The molecule has 4 aromatic heterocycles. The van der Waals surface area contributed by atoms with Gasteiger partial charge in [0.15, 0.2) is 5.76 Å². The summed E-state index contributed by atoms with van der Waals surface area (Å²) >= 11 is 1.48. The molecule has 49 heavy (non-hydrogen) atoms. The summed E-state index contributed by atoms with van der Waals surface area (Å²) in [5, 5.41) is 18.7. The van der Waals surface area contributed by atoms with Gasteiger partial charge in [0.05, 0.1) is 24.7 Å². The molecule has 5 heterocycles. The highest BCUT2D eigenvalue weighted by atomic mass is 32.1. The van der Waals surface area contributed by atoms with Crippen LogP contribution < -0.4 is 15.4 Å². The Bertz CT molecular complexity index is 1810. The standard InChI is InChI=1S/C34H43N9O5S/c1-20(2)27(31(44)45-5)24-17-26(40-47-24)46-16-7-6-13-42-14-15-43(21(3)19-42)33-37-12-10-23(38-33)30-39-32(48-41-30)34(4)11-8-9-25-28(34)22(18-35)29(36)49-25/h10,12,17,20-21,27H,6-9,11,13-16,19,36H2,1-5H3/t21-,27?,34-/m0/s1. The molecule has 1 unspecified atom stereocenters. The van der Waals surface area contributed by atoms with Crippen LogP contribution in [0, 0.1) is 17.2 Å². The zero-order chi connectivity index (χ0) is 34.7. The van der Waals surface area contributed by atoms with E-state index in [0.717, 1.165) is 68.7 Å². The first kappa shape index (κ1) is 34.3. The van der Waals surface area contributed by atoms with Crippen LogP contribution >= 0.6 is 11.3 Å². The number of nitrogens with two attached hydrogens (primary N) is 1. The molecule has 260 valence electrons. The zero-order valence-electron chi connectivity index (χ0n) is 28.6. The lowest BCUT2D eigenvalue weighted by Crippen LogP contribution is -2.52. The van der Waals surface area contributed by atoms with E-state index in [1.54, 1.807) is 18.3 Å². The second-order valence-electron chi connectivity index (χ2n) is 13.3. The number of nitrogen functional groups attached to an aromatic ring is 1. The van der Waals surface area contributed by atoms with Crippen molar-refractivity contribution in [2.24, 2.45) is 5.92 Å². The number of ether oxygens (including phenoxy) is 2. The van der Waals surface area contributed by atoms with Crippen molar-refractivity contribution < 1.29 is 23.3 Å². The number of carbonyl (C=O) groups excluding carboxylic acids is 1. The molecule has 2 N–H and O–H groups in total. The highest BCUT2D eigenvalue weighted by Gasteiger charge is 2.43. The fraction of sp³-hybridized carbons (Fsp3) is 0.559. The number of rotatable bonds is 12. The van der Waals surface area contributed by atoms with Crippen LogP contribution in [0.3, 0.4) is 0 Å². The number of nitrogens with zero attached hydrogens (tertiary/aromatic N) is 8. The Hall–Kier alpha value is -4.55. The average Bonchev–Trinajstić information content (AvgIpc) is 3.84. The number of esters is 1. The van der Waals surface area contributed by atoms with Crippen molar-refractivity contribution in [2.45, 2.75) is 77.2 Å². The minimum Gasteiger partial charge on any atom is -0.476 e. The SMILES string of the molecule is COC(=O)C(c1cc(OCCCCN2CCN(c3nccc(-c4noc([C@@]5(C)CCCc6sc(N)c(C#N)c65)n4)n3)[C@@H](C)C2)no1)C(C)C. The molecule has 6 rings (SSSR count). The number of nitriles is 1. The smallest absolute Gasteiger partial charge is 0.316 e. The van der Waals surface area contributed by atoms with Crippen molar-refractivity contribution in [3.63, 3.8) is 0 Å². The van der Waals surface area contributed by atoms with E-state index in [-0.39, 0.29) is 17.9 Å². The first-order valence-corrected chi connectivity index (χ1v) is 17.6. The Kier molecular flexibility index (Phi) is 10.2. The summed E-state index contributed by atoms with van der Waals surface area (Å²) < 4.78 is 21.9. The van der Waals surface area contributed by atoms with Crippen LogP contribution in [0.5, 0.6) is 5.88 Å². The van der Waals surface area contributed by atoms with Crippen LogP contribution in [0.2, 0.25) is 0 Å². The fourth-order valence-corrected chi connectivity index (χ4v) is 8.14. The predicted molar refractivity (Wildman–Crippen MR) is 182 cm³/mol. The normalized spacial score (nSPS) is 20.2. The molecule has 15 heteroatoms. The third kappa shape index (κ3) is 6.98. The molecule has 3 atom stereocenters. The third-order valence-corrected chi connectivity index (χ3v) is 10.6. The molecule has 0 bridgehead atoms. The molecule has 0 saturated carbocycles. The average molecular weight is 690 g/mol. The van der Waals surface area contributed by atoms with Gasteiger partial charge < -0.3 is 29.2 Å². The predicted octanol–water partition coefficient (Wildman–Crippen LogP) is 4.95. The highest BCUT2D eigenvalue weighted by molar-refractivity contribution is 7.16. The number of fused-ring (bicyclic) bond motifs is 1. The third-order valence-electron chi connectivity index (χ3n) is 9.54. The van der Waals surface area contributed by atoms with Crippen LogP contribution in [0.4, 0.5) is 10.9 Å². The molecule has 1 fully saturated rings. The van der Waals surface area contributed by atoms with Gasteiger partial charge in [-0.1, -0.05) is 19.0 Å². The Labute approximate surface area is 289 Å². The molecule has 0 aromatic carbocycles. The van der Waals surface area contributed by atoms with Crippen LogP contribution in [0.1, 0.15) is 87.0 Å². The summed E-state index contributed by atoms with van der Waals surface area (Å²) in [5.41, 5.74) is 7.64. The maximum atomic E-state index is 12.1. The zero-order valence-corrected chi connectivity index (χ0v) is 29.5. The first-order valence-electron chi connectivity index (χ1n) is 16.8. The Morgan fingerprint density at radius 2 is 2.08 bits per heavy atom. The summed E-state index contributed by atoms with van der Waals surface area (Å²) in [4.78, 5) is 32.1. The molecule has 4 aromatic rings. The Balaban J connectivity index is 1.01. The molecular formula is C34H43N9O5S. The van der Waals surface area contributed by atoms with Gasteiger partial charge in [-0.15, -0.1) is 11.3 Å². The monoisotopic (exact) mass is 689 g/mol. The summed E-state index contributed by atoms with van der Waals surface area (Å²) in [6.07, 6.45) is 6.18. The van der Waals surface area contributed by atoms with Crippen molar-refractivity contribution in [2.75, 3.05) is 50.5 Å². The molecule has 1 aliphatic carbocycles. The lowest BCUT2D eigenvalue weighted by atomic mass is 9.72. The molecule has 0 radical (unpaired) electrons. The largest absolute Gasteiger partial charge is 0.476 e. The number of unbranched alkanes of at least 4 members (excludes halogenated alkanes) is 1. The summed E-state index contributed by atoms with van der Waals surface area (Å²) in [5.74, 6) is 1.47. The second kappa shape index (κ2) is 14.5. The number of aryl methyl sites for hydroxylation is 1.